The summed E-state index contributed by atoms with van der Waals surface area (Å²) in [6, 6.07) is 3.78. The normalized spacial score (nSPS) is 13.3. The number of nitrogen functional groups attached to an aromatic ring is 1. The fraction of sp³-hybridized carbons (Fsp3) is 0.500. The van der Waals surface area contributed by atoms with Gasteiger partial charge in [0, 0.05) is 18.8 Å². The van der Waals surface area contributed by atoms with Crippen molar-refractivity contribution in [2.45, 2.75) is 26.2 Å². The molecule has 1 aromatic rings. The number of nitrogens with zero attached hydrogens (tertiary/aromatic N) is 1. The molecule has 0 bridgehead atoms. The van der Waals surface area contributed by atoms with Crippen LogP contribution in [0.15, 0.2) is 12.1 Å². The van der Waals surface area contributed by atoms with Crippen molar-refractivity contribution >= 4 is 23.0 Å². The minimum Gasteiger partial charge on any atom is -0.397 e. The number of unbranched alkanes of at least 4 members (excludes halogenated alkanes) is 1. The highest BCUT2D eigenvalue weighted by molar-refractivity contribution is 6.00. The highest BCUT2D eigenvalue weighted by atomic mass is 16.3. The van der Waals surface area contributed by atoms with E-state index in [-0.39, 0.29) is 12.5 Å². The highest BCUT2D eigenvalue weighted by Gasteiger charge is 2.21. The van der Waals surface area contributed by atoms with Gasteiger partial charge in [0.15, 0.2) is 0 Å². The molecule has 5 heteroatoms. The van der Waals surface area contributed by atoms with E-state index in [4.69, 9.17) is 5.73 Å². The molecular formula is C14H21N3O2. The van der Waals surface area contributed by atoms with E-state index in [1.54, 1.807) is 0 Å². The molecule has 19 heavy (non-hydrogen) atoms. The second-order valence-electron chi connectivity index (χ2n) is 4.86. The molecule has 1 heterocycles. The van der Waals surface area contributed by atoms with Gasteiger partial charge in [0.1, 0.15) is 0 Å². The van der Waals surface area contributed by atoms with E-state index in [2.05, 4.69) is 17.1 Å². The van der Waals surface area contributed by atoms with E-state index in [0.717, 1.165) is 36.3 Å². The number of carbonyl (C=O) groups excluding carboxylic acids is 1. The van der Waals surface area contributed by atoms with Crippen molar-refractivity contribution in [3.05, 3.63) is 17.7 Å². The number of carbonyl (C=O) groups is 1. The van der Waals surface area contributed by atoms with Gasteiger partial charge in [0.05, 0.1) is 24.4 Å². The van der Waals surface area contributed by atoms with Crippen LogP contribution in [-0.4, -0.2) is 30.7 Å². The Bertz CT molecular complexity index is 474. The lowest BCUT2D eigenvalue weighted by atomic mass is 10.1. The summed E-state index contributed by atoms with van der Waals surface area (Å²) in [6.07, 6.45) is 2.53. The molecule has 5 nitrogen and oxygen atoms in total. The van der Waals surface area contributed by atoms with Gasteiger partial charge in [0.25, 0.3) is 0 Å². The Kier molecular flexibility index (Phi) is 4.27. The van der Waals surface area contributed by atoms with Crippen LogP contribution in [0.4, 0.5) is 17.1 Å². The predicted octanol–water partition coefficient (Wildman–Crippen LogP) is 1.36. The zero-order valence-corrected chi connectivity index (χ0v) is 11.3. The van der Waals surface area contributed by atoms with Crippen LogP contribution in [0.25, 0.3) is 0 Å². The number of aliphatic hydroxyl groups excluding tert-OH is 1. The largest absolute Gasteiger partial charge is 0.397 e. The van der Waals surface area contributed by atoms with Crippen molar-refractivity contribution < 1.29 is 9.90 Å². The number of fused-ring (bicyclic) bond motifs is 1. The molecule has 0 radical (unpaired) electrons. The summed E-state index contributed by atoms with van der Waals surface area (Å²) in [5, 5.41) is 12.0. The second-order valence-corrected chi connectivity index (χ2v) is 4.86. The summed E-state index contributed by atoms with van der Waals surface area (Å²) in [7, 11) is 0. The van der Waals surface area contributed by atoms with E-state index in [1.807, 2.05) is 12.1 Å². The highest BCUT2D eigenvalue weighted by Crippen LogP contribution is 2.33. The molecule has 0 fully saturated rings. The number of hydrogen-bond acceptors (Lipinski definition) is 4. The Morgan fingerprint density at radius 3 is 2.89 bits per heavy atom. The lowest BCUT2D eigenvalue weighted by Gasteiger charge is -2.26. The molecule has 0 atom stereocenters. The first kappa shape index (κ1) is 13.7. The van der Waals surface area contributed by atoms with Gasteiger partial charge in [-0.25, -0.2) is 0 Å². The third-order valence-corrected chi connectivity index (χ3v) is 3.37. The van der Waals surface area contributed by atoms with Crippen LogP contribution >= 0.6 is 0 Å². The molecule has 0 spiro atoms. The van der Waals surface area contributed by atoms with Crippen molar-refractivity contribution in [3.63, 3.8) is 0 Å². The summed E-state index contributed by atoms with van der Waals surface area (Å²) < 4.78 is 0. The number of rotatable bonds is 6. The summed E-state index contributed by atoms with van der Waals surface area (Å²) >= 11 is 0. The van der Waals surface area contributed by atoms with Crippen LogP contribution in [0.2, 0.25) is 0 Å². The zero-order valence-electron chi connectivity index (χ0n) is 11.3. The van der Waals surface area contributed by atoms with Gasteiger partial charge in [-0.1, -0.05) is 13.3 Å². The SMILES string of the molecule is CCCCN(CCO)c1cc2c(cc1N)CC(=O)N2. The maximum atomic E-state index is 11.4. The molecule has 2 rings (SSSR count). The van der Waals surface area contributed by atoms with Crippen molar-refractivity contribution in [2.24, 2.45) is 0 Å². The molecule has 1 aliphatic heterocycles. The number of hydrogen-bond donors (Lipinski definition) is 3. The summed E-state index contributed by atoms with van der Waals surface area (Å²) in [5.74, 6) is 0.00816. The summed E-state index contributed by atoms with van der Waals surface area (Å²) in [6.45, 7) is 3.63. The monoisotopic (exact) mass is 263 g/mol. The van der Waals surface area contributed by atoms with Gasteiger partial charge in [-0.05, 0) is 24.1 Å². The van der Waals surface area contributed by atoms with Crippen LogP contribution in [0, 0.1) is 0 Å². The van der Waals surface area contributed by atoms with Gasteiger partial charge >= 0.3 is 0 Å². The average Bonchev–Trinajstić information content (AvgIpc) is 2.73. The Balaban J connectivity index is 2.27. The molecule has 0 saturated heterocycles. The van der Waals surface area contributed by atoms with Gasteiger partial charge in [-0.15, -0.1) is 0 Å². The van der Waals surface area contributed by atoms with E-state index in [0.29, 0.717) is 18.7 Å². The summed E-state index contributed by atoms with van der Waals surface area (Å²) in [4.78, 5) is 13.5. The fourth-order valence-electron chi connectivity index (χ4n) is 2.38. The number of nitrogens with one attached hydrogen (secondary N) is 1. The minimum atomic E-state index is 0.00816. The van der Waals surface area contributed by atoms with Crippen LogP contribution in [0.1, 0.15) is 25.3 Å². The van der Waals surface area contributed by atoms with Crippen molar-refractivity contribution in [2.75, 3.05) is 35.6 Å². The fourth-order valence-corrected chi connectivity index (χ4v) is 2.38. The molecule has 104 valence electrons. The van der Waals surface area contributed by atoms with Crippen molar-refractivity contribution in [1.82, 2.24) is 0 Å². The van der Waals surface area contributed by atoms with E-state index >= 15 is 0 Å². The number of nitrogens with two attached hydrogens (primary N) is 1. The first-order valence-electron chi connectivity index (χ1n) is 6.73. The van der Waals surface area contributed by atoms with E-state index < -0.39 is 0 Å². The lowest BCUT2D eigenvalue weighted by molar-refractivity contribution is -0.115. The number of anilines is 3. The Morgan fingerprint density at radius 1 is 1.42 bits per heavy atom. The molecule has 0 aliphatic carbocycles. The Morgan fingerprint density at radius 2 is 2.21 bits per heavy atom. The Labute approximate surface area is 113 Å². The first-order valence-corrected chi connectivity index (χ1v) is 6.73. The quantitative estimate of drug-likeness (QED) is 0.677. The maximum Gasteiger partial charge on any atom is 0.228 e. The van der Waals surface area contributed by atoms with E-state index in [9.17, 15) is 9.90 Å². The average molecular weight is 263 g/mol. The second kappa shape index (κ2) is 5.93. The third kappa shape index (κ3) is 2.98. The van der Waals surface area contributed by atoms with Crippen LogP contribution in [0.5, 0.6) is 0 Å². The number of amides is 1. The molecular weight excluding hydrogens is 242 g/mol. The topological polar surface area (TPSA) is 78.6 Å². The van der Waals surface area contributed by atoms with Gasteiger partial charge in [-0.3, -0.25) is 4.79 Å². The summed E-state index contributed by atoms with van der Waals surface area (Å²) in [5.41, 5.74) is 9.43. The van der Waals surface area contributed by atoms with Gasteiger partial charge < -0.3 is 21.1 Å². The lowest BCUT2D eigenvalue weighted by Crippen LogP contribution is -2.28. The molecule has 1 amide bonds. The molecule has 1 aliphatic rings. The molecule has 0 saturated carbocycles. The number of aliphatic hydroxyl groups is 1. The zero-order chi connectivity index (χ0) is 13.8. The minimum absolute atomic E-state index is 0.00816. The van der Waals surface area contributed by atoms with Crippen LogP contribution < -0.4 is 16.0 Å². The first-order chi connectivity index (χ1) is 9.15. The standard InChI is InChI=1S/C14H21N3O2/c1-2-3-4-17(5-6-18)13-9-12-10(7-11(13)15)8-14(19)16-12/h7,9,18H,2-6,8,15H2,1H3,(H,16,19). The number of benzene rings is 1. The molecule has 1 aromatic carbocycles. The van der Waals surface area contributed by atoms with Gasteiger partial charge in [0.2, 0.25) is 5.91 Å². The molecule has 0 aromatic heterocycles. The van der Waals surface area contributed by atoms with Crippen LogP contribution in [-0.2, 0) is 11.2 Å². The van der Waals surface area contributed by atoms with Crippen molar-refractivity contribution in [1.29, 1.82) is 0 Å². The molecule has 0 unspecified atom stereocenters. The molecule has 4 N–H and O–H groups in total. The van der Waals surface area contributed by atoms with Gasteiger partial charge in [-0.2, -0.15) is 0 Å². The third-order valence-electron chi connectivity index (χ3n) is 3.37. The van der Waals surface area contributed by atoms with Crippen molar-refractivity contribution in [3.8, 4) is 0 Å². The Hall–Kier alpha value is -1.75. The predicted molar refractivity (Wildman–Crippen MR) is 77.4 cm³/mol. The maximum absolute atomic E-state index is 11.4. The van der Waals surface area contributed by atoms with Crippen LogP contribution in [0.3, 0.4) is 0 Å². The smallest absolute Gasteiger partial charge is 0.228 e. The van der Waals surface area contributed by atoms with E-state index in [1.165, 1.54) is 0 Å².